The molecule has 23 heavy (non-hydrogen) atoms. The van der Waals surface area contributed by atoms with Crippen LogP contribution in [0.5, 0.6) is 11.5 Å². The minimum atomic E-state index is -1.22. The fourth-order valence-electron chi connectivity index (χ4n) is 1.88. The number of rotatable bonds is 10. The quantitative estimate of drug-likeness (QED) is 0.647. The highest BCUT2D eigenvalue weighted by Crippen LogP contribution is 2.17. The summed E-state index contributed by atoms with van der Waals surface area (Å²) in [5.74, 6) is 0.176. The van der Waals surface area contributed by atoms with Gasteiger partial charge in [0, 0.05) is 6.42 Å². The first-order chi connectivity index (χ1) is 10.9. The molecular weight excluding hydrogens is 298 g/mol. The summed E-state index contributed by atoms with van der Waals surface area (Å²) >= 11 is 0. The molecule has 6 heteroatoms. The Morgan fingerprint density at radius 3 is 2.17 bits per heavy atom. The van der Waals surface area contributed by atoms with E-state index in [2.05, 4.69) is 5.32 Å². The molecular formula is C17H25NO5. The molecule has 0 spiro atoms. The van der Waals surface area contributed by atoms with Gasteiger partial charge in [0.1, 0.15) is 17.0 Å². The van der Waals surface area contributed by atoms with Crippen molar-refractivity contribution >= 4 is 11.9 Å². The molecule has 0 heterocycles. The Labute approximate surface area is 136 Å². The third-order valence-corrected chi connectivity index (χ3v) is 3.55. The number of ether oxygens (including phenoxy) is 2. The van der Waals surface area contributed by atoms with Gasteiger partial charge in [-0.3, -0.25) is 4.79 Å². The lowest BCUT2D eigenvalue weighted by Gasteiger charge is -2.24. The molecule has 1 aromatic rings. The number of aliphatic carboxylic acids is 1. The molecule has 1 atom stereocenters. The maximum atomic E-state index is 11.8. The topological polar surface area (TPSA) is 84.9 Å². The first-order valence-corrected chi connectivity index (χ1v) is 7.81. The maximum Gasteiger partial charge on any atom is 0.329 e. The second kappa shape index (κ2) is 9.02. The molecule has 1 rings (SSSR count). The van der Waals surface area contributed by atoms with Crippen molar-refractivity contribution in [1.29, 1.82) is 0 Å². The highest BCUT2D eigenvalue weighted by molar-refractivity contribution is 5.86. The summed E-state index contributed by atoms with van der Waals surface area (Å²) < 4.78 is 10.9. The van der Waals surface area contributed by atoms with Crippen LogP contribution in [0.15, 0.2) is 24.3 Å². The van der Waals surface area contributed by atoms with Crippen molar-refractivity contribution in [2.75, 3.05) is 13.2 Å². The maximum absolute atomic E-state index is 11.8. The summed E-state index contributed by atoms with van der Waals surface area (Å²) in [7, 11) is 0. The second-order valence-corrected chi connectivity index (χ2v) is 5.40. The molecule has 0 radical (unpaired) electrons. The zero-order valence-corrected chi connectivity index (χ0v) is 13.9. The number of hydrogen-bond acceptors (Lipinski definition) is 4. The molecule has 128 valence electrons. The highest BCUT2D eigenvalue weighted by atomic mass is 16.5. The summed E-state index contributed by atoms with van der Waals surface area (Å²) in [6.45, 7) is 6.15. The summed E-state index contributed by atoms with van der Waals surface area (Å²) in [5.41, 5.74) is -1.22. The molecule has 0 aliphatic rings. The van der Waals surface area contributed by atoms with E-state index in [0.717, 1.165) is 5.75 Å². The van der Waals surface area contributed by atoms with E-state index in [4.69, 9.17) is 14.6 Å². The molecule has 2 N–H and O–H groups in total. The van der Waals surface area contributed by atoms with Crippen molar-refractivity contribution in [3.05, 3.63) is 24.3 Å². The van der Waals surface area contributed by atoms with E-state index < -0.39 is 11.5 Å². The normalized spacial score (nSPS) is 13.0. The Hall–Kier alpha value is -2.24. The van der Waals surface area contributed by atoms with Crippen LogP contribution >= 0.6 is 0 Å². The number of carboxylic acid groups (broad SMARTS) is 1. The van der Waals surface area contributed by atoms with Crippen LogP contribution in [0.1, 0.15) is 40.0 Å². The molecule has 0 aliphatic carbocycles. The summed E-state index contributed by atoms with van der Waals surface area (Å²) in [6, 6.07) is 7.27. The standard InChI is InChI=1S/C17H25NO5/c1-4-17(3,16(20)21)18-15(19)7-6-12-23-14-10-8-13(9-11-14)22-5-2/h8-11H,4-7,12H2,1-3H3,(H,18,19)(H,20,21). The Morgan fingerprint density at radius 2 is 1.70 bits per heavy atom. The lowest BCUT2D eigenvalue weighted by molar-refractivity contribution is -0.147. The molecule has 0 saturated carbocycles. The van der Waals surface area contributed by atoms with Crippen molar-refractivity contribution in [1.82, 2.24) is 5.32 Å². The summed E-state index contributed by atoms with van der Waals surface area (Å²) in [6.07, 6.45) is 1.06. The SMILES string of the molecule is CCOc1ccc(OCCCC(=O)NC(C)(CC)C(=O)O)cc1. The molecule has 0 bridgehead atoms. The fraction of sp³-hybridized carbons (Fsp3) is 0.529. The van der Waals surface area contributed by atoms with Crippen LogP contribution in [0, 0.1) is 0 Å². The number of nitrogens with one attached hydrogen (secondary N) is 1. The Bertz CT molecular complexity index is 514. The van der Waals surface area contributed by atoms with Gasteiger partial charge in [0.25, 0.3) is 0 Å². The first-order valence-electron chi connectivity index (χ1n) is 7.81. The smallest absolute Gasteiger partial charge is 0.329 e. The number of carboxylic acids is 1. The van der Waals surface area contributed by atoms with Crippen LogP contribution in [0.2, 0.25) is 0 Å². The third-order valence-electron chi connectivity index (χ3n) is 3.55. The van der Waals surface area contributed by atoms with Crippen LogP contribution in [-0.4, -0.2) is 35.7 Å². The van der Waals surface area contributed by atoms with Gasteiger partial charge in [-0.15, -0.1) is 0 Å². The van der Waals surface area contributed by atoms with Gasteiger partial charge in [0.2, 0.25) is 5.91 Å². The Kier molecular flexibility index (Phi) is 7.38. The van der Waals surface area contributed by atoms with Crippen molar-refractivity contribution in [2.45, 2.75) is 45.6 Å². The Balaban J connectivity index is 2.31. The summed E-state index contributed by atoms with van der Waals surface area (Å²) in [5, 5.41) is 11.7. The Morgan fingerprint density at radius 1 is 1.13 bits per heavy atom. The van der Waals surface area contributed by atoms with Crippen molar-refractivity contribution in [3.8, 4) is 11.5 Å². The lowest BCUT2D eigenvalue weighted by Crippen LogP contribution is -2.51. The molecule has 0 aromatic heterocycles. The van der Waals surface area contributed by atoms with Gasteiger partial charge in [-0.1, -0.05) is 6.92 Å². The van der Waals surface area contributed by atoms with Gasteiger partial charge >= 0.3 is 5.97 Å². The van der Waals surface area contributed by atoms with Crippen molar-refractivity contribution < 1.29 is 24.2 Å². The van der Waals surface area contributed by atoms with E-state index in [-0.39, 0.29) is 12.3 Å². The van der Waals surface area contributed by atoms with Crippen LogP contribution in [0.3, 0.4) is 0 Å². The molecule has 0 aliphatic heterocycles. The minimum absolute atomic E-state index is 0.222. The monoisotopic (exact) mass is 323 g/mol. The average Bonchev–Trinajstić information content (AvgIpc) is 2.53. The molecule has 0 fully saturated rings. The predicted octanol–water partition coefficient (Wildman–Crippen LogP) is 2.61. The van der Waals surface area contributed by atoms with Gasteiger partial charge in [-0.25, -0.2) is 4.79 Å². The minimum Gasteiger partial charge on any atom is -0.494 e. The fourth-order valence-corrected chi connectivity index (χ4v) is 1.88. The first kappa shape index (κ1) is 18.8. The zero-order chi connectivity index (χ0) is 17.3. The average molecular weight is 323 g/mol. The van der Waals surface area contributed by atoms with E-state index in [9.17, 15) is 9.59 Å². The second-order valence-electron chi connectivity index (χ2n) is 5.40. The molecule has 1 aromatic carbocycles. The van der Waals surface area contributed by atoms with Crippen LogP contribution in [0.4, 0.5) is 0 Å². The lowest BCUT2D eigenvalue weighted by atomic mass is 9.99. The van der Waals surface area contributed by atoms with Crippen molar-refractivity contribution in [2.24, 2.45) is 0 Å². The number of carbonyl (C=O) groups is 2. The van der Waals surface area contributed by atoms with Gasteiger partial charge in [0.15, 0.2) is 0 Å². The van der Waals surface area contributed by atoms with Gasteiger partial charge in [-0.2, -0.15) is 0 Å². The van der Waals surface area contributed by atoms with Crippen LogP contribution in [-0.2, 0) is 9.59 Å². The van der Waals surface area contributed by atoms with E-state index >= 15 is 0 Å². The molecule has 6 nitrogen and oxygen atoms in total. The largest absolute Gasteiger partial charge is 0.494 e. The zero-order valence-electron chi connectivity index (χ0n) is 13.9. The van der Waals surface area contributed by atoms with E-state index in [0.29, 0.717) is 31.8 Å². The highest BCUT2D eigenvalue weighted by Gasteiger charge is 2.32. The number of benzene rings is 1. The van der Waals surface area contributed by atoms with Crippen LogP contribution < -0.4 is 14.8 Å². The molecule has 1 unspecified atom stereocenters. The number of carbonyl (C=O) groups excluding carboxylic acids is 1. The third kappa shape index (κ3) is 6.18. The summed E-state index contributed by atoms with van der Waals surface area (Å²) in [4.78, 5) is 22.9. The van der Waals surface area contributed by atoms with Crippen LogP contribution in [0.25, 0.3) is 0 Å². The van der Waals surface area contributed by atoms with E-state index in [1.54, 1.807) is 6.92 Å². The van der Waals surface area contributed by atoms with Gasteiger partial charge in [-0.05, 0) is 51.0 Å². The van der Waals surface area contributed by atoms with E-state index in [1.807, 2.05) is 31.2 Å². The van der Waals surface area contributed by atoms with Gasteiger partial charge in [0.05, 0.1) is 13.2 Å². The molecule has 1 amide bonds. The molecule has 0 saturated heterocycles. The van der Waals surface area contributed by atoms with Crippen molar-refractivity contribution in [3.63, 3.8) is 0 Å². The van der Waals surface area contributed by atoms with E-state index in [1.165, 1.54) is 6.92 Å². The van der Waals surface area contributed by atoms with Gasteiger partial charge < -0.3 is 19.9 Å². The number of amides is 1. The number of hydrogen-bond donors (Lipinski definition) is 2. The predicted molar refractivity (Wildman–Crippen MR) is 86.8 cm³/mol.